The Morgan fingerprint density at radius 3 is 2.73 bits per heavy atom. The van der Waals surface area contributed by atoms with Crippen molar-refractivity contribution < 1.29 is 9.59 Å². The molecule has 134 valence electrons. The molecule has 2 amide bonds. The zero-order valence-electron chi connectivity index (χ0n) is 15.1. The molecule has 3 aliphatic rings. The molecule has 2 saturated carbocycles. The topological polar surface area (TPSA) is 49.4 Å². The van der Waals surface area contributed by atoms with E-state index in [1.54, 1.807) is 4.90 Å². The van der Waals surface area contributed by atoms with Gasteiger partial charge in [0.1, 0.15) is 6.54 Å². The Morgan fingerprint density at radius 1 is 1.19 bits per heavy atom. The van der Waals surface area contributed by atoms with E-state index in [1.807, 2.05) is 36.4 Å². The van der Waals surface area contributed by atoms with Gasteiger partial charge < -0.3 is 5.32 Å². The predicted octanol–water partition coefficient (Wildman–Crippen LogP) is 3.74. The van der Waals surface area contributed by atoms with E-state index in [0.29, 0.717) is 11.5 Å². The molecule has 0 aromatic heterocycles. The summed E-state index contributed by atoms with van der Waals surface area (Å²) in [5.41, 5.74) is 1.55. The maximum atomic E-state index is 12.8. The first kappa shape index (κ1) is 15.9. The highest BCUT2D eigenvalue weighted by molar-refractivity contribution is 6.26. The van der Waals surface area contributed by atoms with Crippen molar-refractivity contribution in [2.75, 3.05) is 11.4 Å². The lowest BCUT2D eigenvalue weighted by molar-refractivity contribution is -0.120. The van der Waals surface area contributed by atoms with Crippen molar-refractivity contribution in [2.45, 2.75) is 38.6 Å². The van der Waals surface area contributed by atoms with Crippen molar-refractivity contribution in [2.24, 2.45) is 17.8 Å². The van der Waals surface area contributed by atoms with Crippen LogP contribution in [0.2, 0.25) is 0 Å². The molecular formula is C22H24N2O2. The van der Waals surface area contributed by atoms with E-state index in [4.69, 9.17) is 0 Å². The minimum atomic E-state index is -0.0699. The van der Waals surface area contributed by atoms with Gasteiger partial charge in [0.2, 0.25) is 5.91 Å². The summed E-state index contributed by atoms with van der Waals surface area (Å²) in [4.78, 5) is 27.1. The Balaban J connectivity index is 1.32. The molecule has 2 bridgehead atoms. The molecule has 1 heterocycles. The van der Waals surface area contributed by atoms with Crippen molar-refractivity contribution in [3.63, 3.8) is 0 Å². The van der Waals surface area contributed by atoms with Crippen molar-refractivity contribution >= 4 is 28.3 Å². The molecule has 0 radical (unpaired) electrons. The van der Waals surface area contributed by atoms with Crippen molar-refractivity contribution in [3.8, 4) is 0 Å². The first-order valence-corrected chi connectivity index (χ1v) is 9.75. The van der Waals surface area contributed by atoms with Gasteiger partial charge >= 0.3 is 0 Å². The fraction of sp³-hybridized carbons (Fsp3) is 0.455. The summed E-state index contributed by atoms with van der Waals surface area (Å²) in [6.07, 6.45) is 5.27. The van der Waals surface area contributed by atoms with Crippen molar-refractivity contribution in [1.82, 2.24) is 5.32 Å². The lowest BCUT2D eigenvalue weighted by Gasteiger charge is -2.29. The summed E-state index contributed by atoms with van der Waals surface area (Å²) in [6.45, 7) is 2.22. The molecule has 1 aliphatic heterocycles. The number of nitrogens with one attached hydrogen (secondary N) is 1. The normalized spacial score (nSPS) is 27.3. The van der Waals surface area contributed by atoms with Crippen LogP contribution in [0.3, 0.4) is 0 Å². The van der Waals surface area contributed by atoms with Gasteiger partial charge in [-0.05, 0) is 61.5 Å². The van der Waals surface area contributed by atoms with Crippen LogP contribution in [0.25, 0.3) is 10.8 Å². The van der Waals surface area contributed by atoms with Crippen LogP contribution in [0, 0.1) is 17.8 Å². The average molecular weight is 348 g/mol. The Morgan fingerprint density at radius 2 is 2.00 bits per heavy atom. The number of nitrogens with zero attached hydrogens (tertiary/aromatic N) is 1. The number of benzene rings is 2. The van der Waals surface area contributed by atoms with Crippen LogP contribution in [0.15, 0.2) is 36.4 Å². The Bertz CT molecular complexity index is 901. The first-order chi connectivity index (χ1) is 12.6. The van der Waals surface area contributed by atoms with Gasteiger partial charge in [-0.3, -0.25) is 14.5 Å². The summed E-state index contributed by atoms with van der Waals surface area (Å²) >= 11 is 0. The second-order valence-corrected chi connectivity index (χ2v) is 8.27. The van der Waals surface area contributed by atoms with Gasteiger partial charge in [-0.25, -0.2) is 0 Å². The second-order valence-electron chi connectivity index (χ2n) is 8.27. The number of hydrogen-bond donors (Lipinski definition) is 1. The van der Waals surface area contributed by atoms with Crippen LogP contribution < -0.4 is 10.2 Å². The molecular weight excluding hydrogens is 324 g/mol. The van der Waals surface area contributed by atoms with Crippen LogP contribution in [-0.2, 0) is 4.79 Å². The summed E-state index contributed by atoms with van der Waals surface area (Å²) < 4.78 is 0. The molecule has 2 fully saturated rings. The summed E-state index contributed by atoms with van der Waals surface area (Å²) in [7, 11) is 0. The van der Waals surface area contributed by atoms with Gasteiger partial charge in [0.25, 0.3) is 5.91 Å². The van der Waals surface area contributed by atoms with Crippen LogP contribution in [0.5, 0.6) is 0 Å². The van der Waals surface area contributed by atoms with Crippen LogP contribution in [0.4, 0.5) is 5.69 Å². The highest BCUT2D eigenvalue weighted by Gasteiger charge is 2.42. The fourth-order valence-electron chi connectivity index (χ4n) is 5.59. The third kappa shape index (κ3) is 2.35. The van der Waals surface area contributed by atoms with Gasteiger partial charge in [0.15, 0.2) is 0 Å². The monoisotopic (exact) mass is 348 g/mol. The quantitative estimate of drug-likeness (QED) is 0.915. The molecule has 0 saturated heterocycles. The van der Waals surface area contributed by atoms with E-state index in [-0.39, 0.29) is 24.4 Å². The zero-order chi connectivity index (χ0) is 17.8. The molecule has 4 heteroatoms. The summed E-state index contributed by atoms with van der Waals surface area (Å²) in [5.74, 6) is 2.13. The number of hydrogen-bond acceptors (Lipinski definition) is 2. The molecule has 4 atom stereocenters. The molecule has 1 N–H and O–H groups in total. The average Bonchev–Trinajstić information content (AvgIpc) is 3.33. The van der Waals surface area contributed by atoms with E-state index < -0.39 is 0 Å². The second kappa shape index (κ2) is 5.83. The molecule has 2 aromatic carbocycles. The molecule has 5 rings (SSSR count). The van der Waals surface area contributed by atoms with Crippen molar-refractivity contribution in [1.29, 1.82) is 0 Å². The highest BCUT2D eigenvalue weighted by Crippen LogP contribution is 2.49. The van der Waals surface area contributed by atoms with Crippen LogP contribution in [0.1, 0.15) is 43.0 Å². The largest absolute Gasteiger partial charge is 0.352 e. The Hall–Kier alpha value is -2.36. The van der Waals surface area contributed by atoms with E-state index in [1.165, 1.54) is 25.7 Å². The van der Waals surface area contributed by atoms with Gasteiger partial charge in [-0.15, -0.1) is 0 Å². The van der Waals surface area contributed by atoms with Crippen molar-refractivity contribution in [3.05, 3.63) is 42.0 Å². The lowest BCUT2D eigenvalue weighted by Crippen LogP contribution is -2.45. The van der Waals surface area contributed by atoms with E-state index >= 15 is 0 Å². The van der Waals surface area contributed by atoms with Crippen LogP contribution >= 0.6 is 0 Å². The lowest BCUT2D eigenvalue weighted by atomic mass is 9.84. The Labute approximate surface area is 153 Å². The third-order valence-corrected chi connectivity index (χ3v) is 6.77. The van der Waals surface area contributed by atoms with E-state index in [9.17, 15) is 9.59 Å². The maximum absolute atomic E-state index is 12.8. The standard InChI is InChI=1S/C22H24N2O2/c1-13(18-11-14-8-9-16(18)10-14)23-20(25)12-24-19-7-3-5-15-4-2-6-17(21(15)19)22(24)26/h2-7,13-14,16,18H,8-12H2,1H3,(H,23,25). The van der Waals surface area contributed by atoms with E-state index in [0.717, 1.165) is 28.3 Å². The number of fused-ring (bicyclic) bond motifs is 2. The first-order valence-electron chi connectivity index (χ1n) is 9.75. The number of rotatable bonds is 4. The molecule has 2 aromatic rings. The zero-order valence-corrected chi connectivity index (χ0v) is 15.1. The minimum absolute atomic E-state index is 0.0570. The van der Waals surface area contributed by atoms with E-state index in [2.05, 4.69) is 12.2 Å². The SMILES string of the molecule is CC(NC(=O)CN1C(=O)c2cccc3cccc1c23)C1CC2CCC1C2. The number of carbonyl (C=O) groups excluding carboxylic acids is 2. The molecule has 4 nitrogen and oxygen atoms in total. The highest BCUT2D eigenvalue weighted by atomic mass is 16.2. The predicted molar refractivity (Wildman–Crippen MR) is 102 cm³/mol. The van der Waals surface area contributed by atoms with Gasteiger partial charge in [0.05, 0.1) is 5.69 Å². The Kier molecular flexibility index (Phi) is 3.56. The van der Waals surface area contributed by atoms with Crippen LogP contribution in [-0.4, -0.2) is 24.4 Å². The summed E-state index contributed by atoms with van der Waals surface area (Å²) in [5, 5.41) is 5.19. The fourth-order valence-corrected chi connectivity index (χ4v) is 5.59. The number of carbonyl (C=O) groups is 2. The minimum Gasteiger partial charge on any atom is -0.352 e. The van der Waals surface area contributed by atoms with Gasteiger partial charge in [-0.2, -0.15) is 0 Å². The third-order valence-electron chi connectivity index (χ3n) is 6.77. The molecule has 4 unspecified atom stereocenters. The summed E-state index contributed by atoms with van der Waals surface area (Å²) in [6, 6.07) is 11.8. The molecule has 26 heavy (non-hydrogen) atoms. The number of amides is 2. The van der Waals surface area contributed by atoms with Gasteiger partial charge in [0, 0.05) is 17.0 Å². The van der Waals surface area contributed by atoms with Gasteiger partial charge in [-0.1, -0.05) is 30.7 Å². The molecule has 0 spiro atoms. The number of anilines is 1. The molecule has 2 aliphatic carbocycles. The maximum Gasteiger partial charge on any atom is 0.259 e. The smallest absolute Gasteiger partial charge is 0.259 e.